The Morgan fingerprint density at radius 2 is 2.14 bits per heavy atom. The summed E-state index contributed by atoms with van der Waals surface area (Å²) in [5.41, 5.74) is 1.22. The monoisotopic (exact) mass is 212 g/mol. The highest BCUT2D eigenvalue weighted by atomic mass is 32.2. The number of hydrogen-bond donors (Lipinski definition) is 1. The molecule has 0 fully saturated rings. The molecule has 1 unspecified atom stereocenters. The van der Waals surface area contributed by atoms with Crippen LogP contribution in [0.1, 0.15) is 12.5 Å². The number of amides is 1. The first-order chi connectivity index (χ1) is 6.50. The fourth-order valence-corrected chi connectivity index (χ4v) is 1.62. The van der Waals surface area contributed by atoms with Crippen LogP contribution in [0.5, 0.6) is 0 Å². The molecule has 14 heavy (non-hydrogen) atoms. The largest absolute Gasteiger partial charge is 0.768 e. The standard InChI is InChI=1S/C9H11NO3S/c1-6-5-8(10-7(2)11)3-4-9(6)14(12)13/h3-5H,1-2H3,(H,10,11)(H,12,13)/p-1. The van der Waals surface area contributed by atoms with Crippen molar-refractivity contribution in [3.05, 3.63) is 23.8 Å². The molecule has 0 radical (unpaired) electrons. The molecule has 1 rings (SSSR count). The molecule has 0 heterocycles. The molecular formula is C9H10NO3S-. The Labute approximate surface area is 84.6 Å². The lowest BCUT2D eigenvalue weighted by atomic mass is 10.2. The Bertz CT molecular complexity index is 390. The third-order valence-corrected chi connectivity index (χ3v) is 2.49. The first-order valence-corrected chi connectivity index (χ1v) is 5.05. The lowest BCUT2D eigenvalue weighted by molar-refractivity contribution is -0.114. The Kier molecular flexibility index (Phi) is 3.38. The second kappa shape index (κ2) is 4.34. The van der Waals surface area contributed by atoms with Crippen molar-refractivity contribution < 1.29 is 13.6 Å². The average molecular weight is 212 g/mol. The van der Waals surface area contributed by atoms with E-state index >= 15 is 0 Å². The van der Waals surface area contributed by atoms with E-state index < -0.39 is 11.1 Å². The lowest BCUT2D eigenvalue weighted by Crippen LogP contribution is -2.06. The molecule has 0 aliphatic rings. The zero-order valence-electron chi connectivity index (χ0n) is 7.87. The van der Waals surface area contributed by atoms with Crippen LogP contribution in [0.4, 0.5) is 5.69 Å². The van der Waals surface area contributed by atoms with Crippen molar-refractivity contribution in [1.29, 1.82) is 0 Å². The topological polar surface area (TPSA) is 69.2 Å². The van der Waals surface area contributed by atoms with Gasteiger partial charge in [-0.25, -0.2) is 0 Å². The summed E-state index contributed by atoms with van der Waals surface area (Å²) >= 11 is -2.22. The predicted octanol–water partition coefficient (Wildman–Crippen LogP) is 1.19. The molecule has 0 aliphatic heterocycles. The quantitative estimate of drug-likeness (QED) is 0.749. The maximum absolute atomic E-state index is 10.7. The van der Waals surface area contributed by atoms with Gasteiger partial charge in [0.2, 0.25) is 5.91 Å². The maximum Gasteiger partial charge on any atom is 0.221 e. The van der Waals surface area contributed by atoms with Crippen molar-refractivity contribution in [3.8, 4) is 0 Å². The van der Waals surface area contributed by atoms with E-state index in [0.29, 0.717) is 11.3 Å². The highest BCUT2D eigenvalue weighted by Gasteiger charge is 2.01. The van der Waals surface area contributed by atoms with E-state index in [9.17, 15) is 13.6 Å². The van der Waals surface area contributed by atoms with E-state index in [4.69, 9.17) is 0 Å². The number of carbonyl (C=O) groups excluding carboxylic acids is 1. The van der Waals surface area contributed by atoms with Crippen LogP contribution < -0.4 is 5.32 Å². The van der Waals surface area contributed by atoms with Crippen molar-refractivity contribution in [2.24, 2.45) is 0 Å². The molecule has 1 amide bonds. The van der Waals surface area contributed by atoms with E-state index in [0.717, 1.165) is 0 Å². The zero-order valence-corrected chi connectivity index (χ0v) is 8.68. The highest BCUT2D eigenvalue weighted by molar-refractivity contribution is 7.79. The maximum atomic E-state index is 10.7. The molecular weight excluding hydrogens is 202 g/mol. The summed E-state index contributed by atoms with van der Waals surface area (Å²) in [6.07, 6.45) is 0. The number of benzene rings is 1. The molecule has 0 aliphatic carbocycles. The van der Waals surface area contributed by atoms with Crippen molar-refractivity contribution in [3.63, 3.8) is 0 Å². The molecule has 4 nitrogen and oxygen atoms in total. The van der Waals surface area contributed by atoms with Crippen LogP contribution >= 0.6 is 0 Å². The minimum Gasteiger partial charge on any atom is -0.768 e. The molecule has 0 bridgehead atoms. The molecule has 0 aromatic heterocycles. The van der Waals surface area contributed by atoms with E-state index in [1.165, 1.54) is 13.0 Å². The number of nitrogens with one attached hydrogen (secondary N) is 1. The van der Waals surface area contributed by atoms with E-state index in [1.54, 1.807) is 19.1 Å². The molecule has 76 valence electrons. The normalized spacial score (nSPS) is 12.2. The smallest absolute Gasteiger partial charge is 0.221 e. The summed E-state index contributed by atoms with van der Waals surface area (Å²) in [7, 11) is 0. The van der Waals surface area contributed by atoms with Gasteiger partial charge in [0.25, 0.3) is 0 Å². The molecule has 1 atom stereocenters. The van der Waals surface area contributed by atoms with Gasteiger partial charge in [0.15, 0.2) is 0 Å². The second-order valence-corrected chi connectivity index (χ2v) is 3.81. The number of aryl methyl sites for hydroxylation is 1. The van der Waals surface area contributed by atoms with Crippen LogP contribution in [0.3, 0.4) is 0 Å². The van der Waals surface area contributed by atoms with Gasteiger partial charge in [-0.05, 0) is 41.8 Å². The number of rotatable bonds is 2. The van der Waals surface area contributed by atoms with Gasteiger partial charge in [-0.15, -0.1) is 0 Å². The van der Waals surface area contributed by atoms with Crippen molar-refractivity contribution in [1.82, 2.24) is 0 Å². The summed E-state index contributed by atoms with van der Waals surface area (Å²) in [4.78, 5) is 11.0. The lowest BCUT2D eigenvalue weighted by Gasteiger charge is -2.10. The Morgan fingerprint density at radius 1 is 1.50 bits per heavy atom. The van der Waals surface area contributed by atoms with Crippen LogP contribution in [0, 0.1) is 6.92 Å². The molecule has 1 aromatic carbocycles. The SMILES string of the molecule is CC(=O)Nc1ccc(S(=O)[O-])c(C)c1. The van der Waals surface area contributed by atoms with Crippen LogP contribution in [0.2, 0.25) is 0 Å². The van der Waals surface area contributed by atoms with Gasteiger partial charge >= 0.3 is 0 Å². The minimum atomic E-state index is -2.22. The van der Waals surface area contributed by atoms with Gasteiger partial charge in [0.05, 0.1) is 0 Å². The van der Waals surface area contributed by atoms with Gasteiger partial charge in [-0.1, -0.05) is 0 Å². The fourth-order valence-electron chi connectivity index (χ4n) is 1.12. The summed E-state index contributed by atoms with van der Waals surface area (Å²) < 4.78 is 21.3. The summed E-state index contributed by atoms with van der Waals surface area (Å²) in [6.45, 7) is 3.07. The van der Waals surface area contributed by atoms with Crippen LogP contribution in [0.15, 0.2) is 23.1 Å². The van der Waals surface area contributed by atoms with Crippen molar-refractivity contribution in [2.75, 3.05) is 5.32 Å². The summed E-state index contributed by atoms with van der Waals surface area (Å²) in [5, 5.41) is 2.57. The Balaban J connectivity index is 3.00. The minimum absolute atomic E-state index is 0.180. The van der Waals surface area contributed by atoms with Crippen molar-refractivity contribution in [2.45, 2.75) is 18.7 Å². The average Bonchev–Trinajstić information content (AvgIpc) is 2.01. The Hall–Kier alpha value is -1.20. The molecule has 0 saturated carbocycles. The fraction of sp³-hybridized carbons (Fsp3) is 0.222. The number of anilines is 1. The molecule has 1 aromatic rings. The molecule has 0 spiro atoms. The molecule has 5 heteroatoms. The van der Waals surface area contributed by atoms with Gasteiger partial charge in [-0.3, -0.25) is 9.00 Å². The Morgan fingerprint density at radius 3 is 2.57 bits per heavy atom. The van der Waals surface area contributed by atoms with E-state index in [2.05, 4.69) is 5.32 Å². The van der Waals surface area contributed by atoms with Crippen LogP contribution in [-0.4, -0.2) is 14.7 Å². The number of carbonyl (C=O) groups is 1. The first kappa shape index (κ1) is 10.9. The summed E-state index contributed by atoms with van der Waals surface area (Å²) in [5.74, 6) is -0.180. The highest BCUT2D eigenvalue weighted by Crippen LogP contribution is 2.17. The van der Waals surface area contributed by atoms with Gasteiger partial charge < -0.3 is 9.87 Å². The summed E-state index contributed by atoms with van der Waals surface area (Å²) in [6, 6.07) is 4.63. The van der Waals surface area contributed by atoms with Crippen molar-refractivity contribution >= 4 is 22.7 Å². The van der Waals surface area contributed by atoms with E-state index in [1.807, 2.05) is 0 Å². The molecule has 1 N–H and O–H groups in total. The van der Waals surface area contributed by atoms with Gasteiger partial charge in [0, 0.05) is 17.5 Å². The zero-order chi connectivity index (χ0) is 10.7. The first-order valence-electron chi connectivity index (χ1n) is 3.98. The number of hydrogen-bond acceptors (Lipinski definition) is 3. The van der Waals surface area contributed by atoms with Gasteiger partial charge in [0.1, 0.15) is 0 Å². The predicted molar refractivity (Wildman–Crippen MR) is 52.7 cm³/mol. The third kappa shape index (κ3) is 2.65. The second-order valence-electron chi connectivity index (χ2n) is 2.90. The van der Waals surface area contributed by atoms with Gasteiger partial charge in [-0.2, -0.15) is 0 Å². The third-order valence-electron chi connectivity index (χ3n) is 1.67. The van der Waals surface area contributed by atoms with E-state index in [-0.39, 0.29) is 10.8 Å². The van der Waals surface area contributed by atoms with Crippen LogP contribution in [-0.2, 0) is 15.9 Å². The van der Waals surface area contributed by atoms with Crippen LogP contribution in [0.25, 0.3) is 0 Å². The molecule has 0 saturated heterocycles.